The van der Waals surface area contributed by atoms with Gasteiger partial charge in [-0.15, -0.1) is 0 Å². The number of anilines is 1. The summed E-state index contributed by atoms with van der Waals surface area (Å²) in [5.41, 5.74) is 0.947. The number of nitrogens with one attached hydrogen (secondary N) is 2. The zero-order chi connectivity index (χ0) is 12.6. The molecule has 1 aromatic rings. The number of carboxylic acids is 1. The lowest BCUT2D eigenvalue weighted by Crippen LogP contribution is -2.47. The van der Waals surface area contributed by atoms with E-state index in [0.29, 0.717) is 6.04 Å². The van der Waals surface area contributed by atoms with Crippen LogP contribution in [0.3, 0.4) is 0 Å². The van der Waals surface area contributed by atoms with Crippen LogP contribution in [0.15, 0.2) is 17.2 Å². The molecule has 0 amide bonds. The standard InChI is InChI=1S/C11H15N3O2S/c1-6(2)13-11(3)14-7-4-5-8(10(15)16)12-9(7)17-11/h4-6,13-14H,1-3H3,(H,15,16). The summed E-state index contributed by atoms with van der Waals surface area (Å²) in [7, 11) is 0. The van der Waals surface area contributed by atoms with Gasteiger partial charge in [-0.25, -0.2) is 9.78 Å². The molecule has 0 aliphatic carbocycles. The highest BCUT2D eigenvalue weighted by atomic mass is 32.2. The Bertz CT molecular complexity index is 464. The summed E-state index contributed by atoms with van der Waals surface area (Å²) in [6.07, 6.45) is 0. The Labute approximate surface area is 104 Å². The molecule has 0 spiro atoms. The Hall–Kier alpha value is -1.27. The van der Waals surface area contributed by atoms with Crippen molar-refractivity contribution in [3.8, 4) is 0 Å². The average molecular weight is 253 g/mol. The lowest BCUT2D eigenvalue weighted by Gasteiger charge is -2.27. The average Bonchev–Trinajstić information content (AvgIpc) is 2.50. The molecule has 5 nitrogen and oxygen atoms in total. The highest BCUT2D eigenvalue weighted by Gasteiger charge is 2.34. The normalized spacial score (nSPS) is 22.4. The Balaban J connectivity index is 2.24. The predicted molar refractivity (Wildman–Crippen MR) is 67.4 cm³/mol. The Morgan fingerprint density at radius 1 is 1.59 bits per heavy atom. The largest absolute Gasteiger partial charge is 0.477 e. The second-order valence-electron chi connectivity index (χ2n) is 4.41. The number of hydrogen-bond donors (Lipinski definition) is 3. The fraction of sp³-hybridized carbons (Fsp3) is 0.455. The van der Waals surface area contributed by atoms with Crippen molar-refractivity contribution >= 4 is 23.4 Å². The monoisotopic (exact) mass is 253 g/mol. The maximum atomic E-state index is 10.8. The Morgan fingerprint density at radius 3 is 2.88 bits per heavy atom. The number of thioether (sulfide) groups is 1. The molecule has 2 rings (SSSR count). The second-order valence-corrected chi connectivity index (χ2v) is 5.82. The lowest BCUT2D eigenvalue weighted by molar-refractivity contribution is 0.0690. The number of pyridine rings is 1. The summed E-state index contributed by atoms with van der Waals surface area (Å²) in [6.45, 7) is 6.14. The van der Waals surface area contributed by atoms with Gasteiger partial charge >= 0.3 is 5.97 Å². The van der Waals surface area contributed by atoms with Crippen molar-refractivity contribution in [3.63, 3.8) is 0 Å². The van der Waals surface area contributed by atoms with Gasteiger partial charge in [0.05, 0.1) is 5.69 Å². The van der Waals surface area contributed by atoms with Crippen LogP contribution < -0.4 is 10.6 Å². The van der Waals surface area contributed by atoms with Crippen LogP contribution in [-0.4, -0.2) is 27.1 Å². The van der Waals surface area contributed by atoms with Crippen molar-refractivity contribution in [2.24, 2.45) is 0 Å². The van der Waals surface area contributed by atoms with Crippen molar-refractivity contribution < 1.29 is 9.90 Å². The van der Waals surface area contributed by atoms with Gasteiger partial charge in [0, 0.05) is 6.04 Å². The lowest BCUT2D eigenvalue weighted by atomic mass is 10.3. The van der Waals surface area contributed by atoms with E-state index in [2.05, 4.69) is 29.5 Å². The minimum absolute atomic E-state index is 0.0758. The van der Waals surface area contributed by atoms with Gasteiger partial charge in [-0.3, -0.25) is 5.32 Å². The van der Waals surface area contributed by atoms with Gasteiger partial charge in [-0.05, 0) is 32.9 Å². The molecule has 0 bridgehead atoms. The van der Waals surface area contributed by atoms with Crippen LogP contribution in [0.4, 0.5) is 5.69 Å². The van der Waals surface area contributed by atoms with Crippen LogP contribution in [0, 0.1) is 0 Å². The van der Waals surface area contributed by atoms with E-state index in [9.17, 15) is 4.79 Å². The highest BCUT2D eigenvalue weighted by Crippen LogP contribution is 2.42. The fourth-order valence-corrected chi connectivity index (χ4v) is 3.04. The van der Waals surface area contributed by atoms with Gasteiger partial charge in [0.2, 0.25) is 0 Å². The summed E-state index contributed by atoms with van der Waals surface area (Å²) >= 11 is 1.50. The van der Waals surface area contributed by atoms with E-state index >= 15 is 0 Å². The van der Waals surface area contributed by atoms with Crippen LogP contribution >= 0.6 is 11.8 Å². The number of fused-ring (bicyclic) bond motifs is 1. The van der Waals surface area contributed by atoms with Crippen LogP contribution in [0.25, 0.3) is 0 Å². The molecule has 6 heteroatoms. The summed E-state index contributed by atoms with van der Waals surface area (Å²) in [5.74, 6) is -1.00. The zero-order valence-electron chi connectivity index (χ0n) is 9.94. The van der Waals surface area contributed by atoms with Crippen LogP contribution in [0.2, 0.25) is 0 Å². The molecular weight excluding hydrogens is 238 g/mol. The van der Waals surface area contributed by atoms with E-state index in [4.69, 9.17) is 5.11 Å². The summed E-state index contributed by atoms with van der Waals surface area (Å²) in [6, 6.07) is 3.59. The van der Waals surface area contributed by atoms with E-state index in [1.54, 1.807) is 6.07 Å². The number of rotatable bonds is 3. The maximum Gasteiger partial charge on any atom is 0.354 e. The number of carbonyl (C=O) groups is 1. The van der Waals surface area contributed by atoms with Gasteiger partial charge in [-0.2, -0.15) is 0 Å². The SMILES string of the molecule is CC(C)NC1(C)Nc2ccc(C(=O)O)nc2S1. The summed E-state index contributed by atoms with van der Waals surface area (Å²) < 4.78 is 0. The number of nitrogens with zero attached hydrogens (tertiary/aromatic N) is 1. The molecule has 0 saturated heterocycles. The highest BCUT2D eigenvalue weighted by molar-refractivity contribution is 8.01. The molecule has 1 aliphatic heterocycles. The number of aromatic nitrogens is 1. The van der Waals surface area contributed by atoms with E-state index in [1.165, 1.54) is 17.8 Å². The van der Waals surface area contributed by atoms with E-state index in [1.807, 2.05) is 6.92 Å². The van der Waals surface area contributed by atoms with E-state index in [-0.39, 0.29) is 10.7 Å². The molecular formula is C11H15N3O2S. The topological polar surface area (TPSA) is 74.2 Å². The van der Waals surface area contributed by atoms with Gasteiger partial charge in [0.25, 0.3) is 0 Å². The van der Waals surface area contributed by atoms with E-state index in [0.717, 1.165) is 10.7 Å². The van der Waals surface area contributed by atoms with Crippen molar-refractivity contribution in [2.75, 3.05) is 5.32 Å². The molecule has 0 saturated carbocycles. The molecule has 0 fully saturated rings. The first-order chi connectivity index (χ1) is 7.89. The predicted octanol–water partition coefficient (Wildman–Crippen LogP) is 1.97. The van der Waals surface area contributed by atoms with Gasteiger partial charge in [0.1, 0.15) is 15.7 Å². The molecule has 1 atom stereocenters. The maximum absolute atomic E-state index is 10.8. The molecule has 2 heterocycles. The van der Waals surface area contributed by atoms with E-state index < -0.39 is 5.97 Å². The van der Waals surface area contributed by atoms with Crippen LogP contribution in [-0.2, 0) is 0 Å². The molecule has 1 aliphatic rings. The minimum Gasteiger partial charge on any atom is -0.477 e. The molecule has 17 heavy (non-hydrogen) atoms. The first-order valence-corrected chi connectivity index (χ1v) is 6.20. The molecule has 3 N–H and O–H groups in total. The van der Waals surface area contributed by atoms with Crippen LogP contribution in [0.5, 0.6) is 0 Å². The van der Waals surface area contributed by atoms with Crippen molar-refractivity contribution in [2.45, 2.75) is 36.8 Å². The minimum atomic E-state index is -1.00. The smallest absolute Gasteiger partial charge is 0.354 e. The Kier molecular flexibility index (Phi) is 3.01. The quantitative estimate of drug-likeness (QED) is 0.764. The third-order valence-corrected chi connectivity index (χ3v) is 3.45. The zero-order valence-corrected chi connectivity index (χ0v) is 10.8. The molecule has 0 radical (unpaired) electrons. The van der Waals surface area contributed by atoms with Gasteiger partial charge < -0.3 is 10.4 Å². The van der Waals surface area contributed by atoms with Gasteiger partial charge in [-0.1, -0.05) is 11.8 Å². The van der Waals surface area contributed by atoms with Gasteiger partial charge in [0.15, 0.2) is 0 Å². The third-order valence-electron chi connectivity index (χ3n) is 2.32. The first kappa shape index (κ1) is 12.2. The number of carboxylic acid groups (broad SMARTS) is 1. The molecule has 1 aromatic heterocycles. The number of hydrogen-bond acceptors (Lipinski definition) is 5. The summed E-state index contributed by atoms with van der Waals surface area (Å²) in [4.78, 5) is 14.6. The number of aromatic carboxylic acids is 1. The molecule has 1 unspecified atom stereocenters. The molecule has 0 aromatic carbocycles. The third kappa shape index (κ3) is 2.53. The second kappa shape index (κ2) is 4.19. The van der Waals surface area contributed by atoms with Crippen molar-refractivity contribution in [1.29, 1.82) is 0 Å². The molecule has 92 valence electrons. The fourth-order valence-electron chi connectivity index (χ4n) is 1.82. The van der Waals surface area contributed by atoms with Crippen LogP contribution in [0.1, 0.15) is 31.3 Å². The van der Waals surface area contributed by atoms with Crippen molar-refractivity contribution in [1.82, 2.24) is 10.3 Å². The first-order valence-electron chi connectivity index (χ1n) is 5.39. The summed E-state index contributed by atoms with van der Waals surface area (Å²) in [5, 5.41) is 16.3. The van der Waals surface area contributed by atoms with Crippen molar-refractivity contribution in [3.05, 3.63) is 17.8 Å². The Morgan fingerprint density at radius 2 is 2.29 bits per heavy atom.